The molecule has 1 aromatic rings. The highest BCUT2D eigenvalue weighted by molar-refractivity contribution is 5.93. The minimum Gasteiger partial charge on any atom is -0.373 e. The Bertz CT molecular complexity index is 571. The largest absolute Gasteiger partial charge is 0.416 e. The van der Waals surface area contributed by atoms with E-state index in [0.717, 1.165) is 25.2 Å². The molecule has 0 bridgehead atoms. The SMILES string of the molecule is CC1CN(CCC(=O)C=Cc2ccc(C(F)(F)F)cc2)CC(C)O1. The van der Waals surface area contributed by atoms with Crippen molar-refractivity contribution in [2.45, 2.75) is 38.7 Å². The van der Waals surface area contributed by atoms with E-state index in [4.69, 9.17) is 4.74 Å². The van der Waals surface area contributed by atoms with Gasteiger partial charge in [-0.15, -0.1) is 0 Å². The summed E-state index contributed by atoms with van der Waals surface area (Å²) in [6.07, 6.45) is -0.664. The predicted molar refractivity (Wildman–Crippen MR) is 86.6 cm³/mol. The summed E-state index contributed by atoms with van der Waals surface area (Å²) in [4.78, 5) is 14.1. The van der Waals surface area contributed by atoms with Gasteiger partial charge in [0.05, 0.1) is 17.8 Å². The van der Waals surface area contributed by atoms with Gasteiger partial charge in [-0.05, 0) is 37.6 Å². The van der Waals surface area contributed by atoms with Crippen molar-refractivity contribution in [3.63, 3.8) is 0 Å². The van der Waals surface area contributed by atoms with Gasteiger partial charge in [0, 0.05) is 26.1 Å². The molecular formula is C18H22F3NO2. The standard InChI is InChI=1S/C18H22F3NO2/c1-13-11-22(12-14(2)24-13)10-9-17(23)8-5-15-3-6-16(7-4-15)18(19,20)21/h3-8,13-14H,9-12H2,1-2H3. The molecule has 3 nitrogen and oxygen atoms in total. The third-order valence-corrected chi connectivity index (χ3v) is 3.87. The fourth-order valence-corrected chi connectivity index (χ4v) is 2.79. The molecule has 2 rings (SSSR count). The molecule has 1 aliphatic rings. The molecule has 132 valence electrons. The van der Waals surface area contributed by atoms with Crippen LogP contribution in [-0.4, -0.2) is 42.5 Å². The van der Waals surface area contributed by atoms with Crippen LogP contribution in [0.4, 0.5) is 13.2 Å². The number of rotatable bonds is 5. The van der Waals surface area contributed by atoms with Crippen molar-refractivity contribution in [1.82, 2.24) is 4.90 Å². The van der Waals surface area contributed by atoms with Crippen molar-refractivity contribution in [2.24, 2.45) is 0 Å². The summed E-state index contributed by atoms with van der Waals surface area (Å²) in [5.74, 6) is -0.0401. The molecule has 0 spiro atoms. The number of allylic oxidation sites excluding steroid dienone is 1. The fraction of sp³-hybridized carbons (Fsp3) is 0.500. The number of morpholine rings is 1. The summed E-state index contributed by atoms with van der Waals surface area (Å²) in [6.45, 7) is 6.29. The van der Waals surface area contributed by atoms with E-state index in [0.29, 0.717) is 18.5 Å². The van der Waals surface area contributed by atoms with Gasteiger partial charge in [-0.25, -0.2) is 0 Å². The molecule has 0 aliphatic carbocycles. The normalized spacial score (nSPS) is 22.9. The number of hydrogen-bond donors (Lipinski definition) is 0. The highest BCUT2D eigenvalue weighted by Crippen LogP contribution is 2.29. The minimum absolute atomic E-state index is 0.0401. The number of ether oxygens (including phenoxy) is 1. The second kappa shape index (κ2) is 7.94. The lowest BCUT2D eigenvalue weighted by atomic mass is 10.1. The Balaban J connectivity index is 1.82. The van der Waals surface area contributed by atoms with Crippen LogP contribution in [0.15, 0.2) is 30.3 Å². The van der Waals surface area contributed by atoms with Crippen LogP contribution in [0.1, 0.15) is 31.4 Å². The van der Waals surface area contributed by atoms with Gasteiger partial charge in [0.2, 0.25) is 0 Å². The Morgan fingerprint density at radius 1 is 1.21 bits per heavy atom. The van der Waals surface area contributed by atoms with E-state index in [9.17, 15) is 18.0 Å². The number of carbonyl (C=O) groups excluding carboxylic acids is 1. The van der Waals surface area contributed by atoms with E-state index in [1.165, 1.54) is 18.2 Å². The van der Waals surface area contributed by atoms with Gasteiger partial charge < -0.3 is 4.74 Å². The van der Waals surface area contributed by atoms with E-state index >= 15 is 0 Å². The average Bonchev–Trinajstić information content (AvgIpc) is 2.49. The third kappa shape index (κ3) is 5.76. The summed E-state index contributed by atoms with van der Waals surface area (Å²) in [6, 6.07) is 4.75. The van der Waals surface area contributed by atoms with E-state index in [-0.39, 0.29) is 18.0 Å². The minimum atomic E-state index is -4.34. The molecule has 1 aliphatic heterocycles. The number of carbonyl (C=O) groups is 1. The molecule has 24 heavy (non-hydrogen) atoms. The quantitative estimate of drug-likeness (QED) is 0.763. The first-order valence-corrected chi connectivity index (χ1v) is 8.00. The molecule has 2 unspecified atom stereocenters. The molecule has 1 aromatic carbocycles. The number of nitrogens with zero attached hydrogens (tertiary/aromatic N) is 1. The Labute approximate surface area is 140 Å². The van der Waals surface area contributed by atoms with Gasteiger partial charge in [0.25, 0.3) is 0 Å². The second-order valence-corrected chi connectivity index (χ2v) is 6.19. The van der Waals surface area contributed by atoms with Crippen LogP contribution in [0.5, 0.6) is 0 Å². The van der Waals surface area contributed by atoms with Crippen LogP contribution in [0.25, 0.3) is 6.08 Å². The van der Waals surface area contributed by atoms with Crippen molar-refractivity contribution >= 4 is 11.9 Å². The smallest absolute Gasteiger partial charge is 0.373 e. The summed E-state index contributed by atoms with van der Waals surface area (Å²) in [5.41, 5.74) is -0.119. The topological polar surface area (TPSA) is 29.5 Å². The summed E-state index contributed by atoms with van der Waals surface area (Å²) >= 11 is 0. The van der Waals surface area contributed by atoms with Crippen LogP contribution in [0, 0.1) is 0 Å². The molecule has 0 amide bonds. The maximum atomic E-state index is 12.5. The zero-order valence-electron chi connectivity index (χ0n) is 13.8. The van der Waals surface area contributed by atoms with Crippen LogP contribution < -0.4 is 0 Å². The summed E-state index contributed by atoms with van der Waals surface area (Å²) in [5, 5.41) is 0. The van der Waals surface area contributed by atoms with Gasteiger partial charge in [-0.1, -0.05) is 18.2 Å². The van der Waals surface area contributed by atoms with Gasteiger partial charge >= 0.3 is 6.18 Å². The number of hydrogen-bond acceptors (Lipinski definition) is 3. The fourth-order valence-electron chi connectivity index (χ4n) is 2.79. The van der Waals surface area contributed by atoms with Gasteiger partial charge in [0.15, 0.2) is 5.78 Å². The first kappa shape index (κ1) is 18.7. The highest BCUT2D eigenvalue weighted by Gasteiger charge is 2.29. The van der Waals surface area contributed by atoms with E-state index in [2.05, 4.69) is 4.90 Å². The molecule has 2 atom stereocenters. The summed E-state index contributed by atoms with van der Waals surface area (Å²) < 4.78 is 43.1. The van der Waals surface area contributed by atoms with E-state index in [1.807, 2.05) is 13.8 Å². The molecule has 0 aromatic heterocycles. The first-order chi connectivity index (χ1) is 11.2. The lowest BCUT2D eigenvalue weighted by molar-refractivity contribution is -0.137. The zero-order valence-corrected chi connectivity index (χ0v) is 13.8. The van der Waals surface area contributed by atoms with Crippen LogP contribution >= 0.6 is 0 Å². The maximum Gasteiger partial charge on any atom is 0.416 e. The Kier molecular flexibility index (Phi) is 6.18. The monoisotopic (exact) mass is 341 g/mol. The van der Waals surface area contributed by atoms with Crippen LogP contribution in [-0.2, 0) is 15.7 Å². The van der Waals surface area contributed by atoms with Crippen molar-refractivity contribution < 1.29 is 22.7 Å². The molecule has 0 radical (unpaired) electrons. The Hall–Kier alpha value is -1.66. The number of halogens is 3. The second-order valence-electron chi connectivity index (χ2n) is 6.19. The van der Waals surface area contributed by atoms with E-state index < -0.39 is 11.7 Å². The van der Waals surface area contributed by atoms with Crippen LogP contribution in [0.2, 0.25) is 0 Å². The zero-order chi connectivity index (χ0) is 17.7. The number of ketones is 1. The predicted octanol–water partition coefficient (Wildman–Crippen LogP) is 3.79. The molecule has 1 saturated heterocycles. The number of alkyl halides is 3. The van der Waals surface area contributed by atoms with E-state index in [1.54, 1.807) is 6.08 Å². The summed E-state index contributed by atoms with van der Waals surface area (Å²) in [7, 11) is 0. The molecule has 6 heteroatoms. The molecule has 1 heterocycles. The third-order valence-electron chi connectivity index (χ3n) is 3.87. The Morgan fingerprint density at radius 2 is 1.79 bits per heavy atom. The molecule has 1 fully saturated rings. The number of benzene rings is 1. The first-order valence-electron chi connectivity index (χ1n) is 8.00. The lowest BCUT2D eigenvalue weighted by Gasteiger charge is -2.35. The van der Waals surface area contributed by atoms with Gasteiger partial charge in [-0.3, -0.25) is 9.69 Å². The maximum absolute atomic E-state index is 12.5. The van der Waals surface area contributed by atoms with Crippen molar-refractivity contribution in [3.05, 3.63) is 41.5 Å². The molecular weight excluding hydrogens is 319 g/mol. The van der Waals surface area contributed by atoms with Gasteiger partial charge in [-0.2, -0.15) is 13.2 Å². The van der Waals surface area contributed by atoms with Crippen LogP contribution in [0.3, 0.4) is 0 Å². The Morgan fingerprint density at radius 3 is 2.33 bits per heavy atom. The van der Waals surface area contributed by atoms with Gasteiger partial charge in [0.1, 0.15) is 0 Å². The van der Waals surface area contributed by atoms with Crippen molar-refractivity contribution in [3.8, 4) is 0 Å². The molecule has 0 N–H and O–H groups in total. The highest BCUT2D eigenvalue weighted by atomic mass is 19.4. The van der Waals surface area contributed by atoms with Crippen molar-refractivity contribution in [2.75, 3.05) is 19.6 Å². The molecule has 0 saturated carbocycles. The van der Waals surface area contributed by atoms with Crippen molar-refractivity contribution in [1.29, 1.82) is 0 Å². The lowest BCUT2D eigenvalue weighted by Crippen LogP contribution is -2.45. The average molecular weight is 341 g/mol.